The molecule has 2 heteroatoms. The van der Waals surface area contributed by atoms with Crippen LogP contribution in [-0.2, 0) is 0 Å². The summed E-state index contributed by atoms with van der Waals surface area (Å²) in [5.41, 5.74) is 1.42. The number of benzene rings is 1. The summed E-state index contributed by atoms with van der Waals surface area (Å²) in [7, 11) is 0. The van der Waals surface area contributed by atoms with Crippen LogP contribution in [0, 0.1) is 47.9 Å². The highest BCUT2D eigenvalue weighted by molar-refractivity contribution is 6.31. The van der Waals surface area contributed by atoms with E-state index in [1.807, 2.05) is 6.07 Å². The van der Waals surface area contributed by atoms with Crippen LogP contribution in [0.1, 0.15) is 69.4 Å². The summed E-state index contributed by atoms with van der Waals surface area (Å²) >= 11 is 6.04. The Kier molecular flexibility index (Phi) is 9.77. The zero-order valence-electron chi connectivity index (χ0n) is 14.5. The van der Waals surface area contributed by atoms with Crippen molar-refractivity contribution < 1.29 is 0 Å². The molecular formula is C22H26ClN. The number of nitriles is 1. The van der Waals surface area contributed by atoms with E-state index in [1.165, 1.54) is 51.4 Å². The number of halogens is 1. The molecule has 1 aliphatic rings. The topological polar surface area (TPSA) is 23.8 Å². The van der Waals surface area contributed by atoms with Gasteiger partial charge >= 0.3 is 0 Å². The number of terminal acetylenes is 1. The molecule has 1 nitrogen and oxygen atoms in total. The second-order valence-electron chi connectivity index (χ2n) is 6.29. The molecule has 0 aliphatic heterocycles. The first kappa shape index (κ1) is 20.2. The van der Waals surface area contributed by atoms with Crippen molar-refractivity contribution in [3.8, 4) is 30.8 Å². The fourth-order valence-electron chi connectivity index (χ4n) is 3.15. The molecule has 0 amide bonds. The lowest BCUT2D eigenvalue weighted by atomic mass is 9.80. The van der Waals surface area contributed by atoms with Gasteiger partial charge in [0.25, 0.3) is 0 Å². The van der Waals surface area contributed by atoms with Crippen molar-refractivity contribution in [3.05, 3.63) is 34.3 Å². The molecule has 0 aromatic heterocycles. The molecule has 0 radical (unpaired) electrons. The van der Waals surface area contributed by atoms with Crippen molar-refractivity contribution in [1.29, 1.82) is 5.26 Å². The molecule has 2 rings (SSSR count). The van der Waals surface area contributed by atoms with Crippen molar-refractivity contribution in [2.45, 2.75) is 58.3 Å². The normalized spacial score (nSPS) is 19.1. The van der Waals surface area contributed by atoms with Crippen LogP contribution in [0.25, 0.3) is 0 Å². The number of rotatable bonds is 4. The minimum Gasteiger partial charge on any atom is -0.192 e. The van der Waals surface area contributed by atoms with E-state index in [0.29, 0.717) is 16.5 Å². The maximum atomic E-state index is 8.87. The third-order valence-electron chi connectivity index (χ3n) is 4.57. The lowest BCUT2D eigenvalue weighted by molar-refractivity contribution is 0.294. The molecule has 0 spiro atoms. The molecule has 0 unspecified atom stereocenters. The lowest BCUT2D eigenvalue weighted by Gasteiger charge is -2.25. The van der Waals surface area contributed by atoms with Crippen molar-refractivity contribution >= 4 is 11.6 Å². The quantitative estimate of drug-likeness (QED) is 0.473. The Morgan fingerprint density at radius 2 is 1.88 bits per heavy atom. The zero-order valence-corrected chi connectivity index (χ0v) is 15.3. The van der Waals surface area contributed by atoms with Gasteiger partial charge in [-0.1, -0.05) is 56.0 Å². The van der Waals surface area contributed by atoms with Crippen molar-refractivity contribution in [3.63, 3.8) is 0 Å². The van der Waals surface area contributed by atoms with E-state index >= 15 is 0 Å². The number of nitrogens with zero attached hydrogens (tertiary/aromatic N) is 1. The zero-order chi connectivity index (χ0) is 17.8. The maximum absolute atomic E-state index is 8.87. The highest BCUT2D eigenvalue weighted by Gasteiger charge is 2.19. The third kappa shape index (κ3) is 6.71. The standard InChI is InChI=1S/C20H24ClN.C2H2/c1-2-3-4-5-16-6-8-17(9-7-16)10-11-18-12-13-19(15-22)20(21)14-18;1-2/h12-14,16-17H,2-9H2,1H3;1-2H. The van der Waals surface area contributed by atoms with Crippen LogP contribution >= 0.6 is 11.6 Å². The van der Waals surface area contributed by atoms with Crippen LogP contribution in [0.5, 0.6) is 0 Å². The maximum Gasteiger partial charge on any atom is 0.101 e. The van der Waals surface area contributed by atoms with Gasteiger partial charge in [-0.3, -0.25) is 0 Å². The van der Waals surface area contributed by atoms with E-state index < -0.39 is 0 Å². The molecular weight excluding hydrogens is 314 g/mol. The van der Waals surface area contributed by atoms with E-state index in [2.05, 4.69) is 37.7 Å². The minimum absolute atomic E-state index is 0.494. The Morgan fingerprint density at radius 3 is 2.46 bits per heavy atom. The van der Waals surface area contributed by atoms with Gasteiger partial charge in [0.05, 0.1) is 10.6 Å². The Balaban J connectivity index is 0.00000139. The largest absolute Gasteiger partial charge is 0.192 e. The van der Waals surface area contributed by atoms with Crippen molar-refractivity contribution in [2.24, 2.45) is 11.8 Å². The number of hydrogen-bond donors (Lipinski definition) is 0. The van der Waals surface area contributed by atoms with Gasteiger partial charge in [-0.15, -0.1) is 12.8 Å². The summed E-state index contributed by atoms with van der Waals surface area (Å²) < 4.78 is 0. The van der Waals surface area contributed by atoms with Gasteiger partial charge in [0.1, 0.15) is 6.07 Å². The van der Waals surface area contributed by atoms with Gasteiger partial charge in [0.15, 0.2) is 0 Å². The van der Waals surface area contributed by atoms with Gasteiger partial charge in [-0.05, 0) is 49.8 Å². The van der Waals surface area contributed by atoms with E-state index in [9.17, 15) is 0 Å². The predicted molar refractivity (Wildman–Crippen MR) is 103 cm³/mol. The van der Waals surface area contributed by atoms with Gasteiger partial charge < -0.3 is 0 Å². The van der Waals surface area contributed by atoms with E-state index in [-0.39, 0.29) is 0 Å². The van der Waals surface area contributed by atoms with Crippen molar-refractivity contribution in [1.82, 2.24) is 0 Å². The average molecular weight is 340 g/mol. The van der Waals surface area contributed by atoms with Crippen LogP contribution in [0.3, 0.4) is 0 Å². The molecule has 0 saturated heterocycles. The average Bonchev–Trinajstić information content (AvgIpc) is 2.63. The molecule has 0 heterocycles. The summed E-state index contributed by atoms with van der Waals surface area (Å²) in [5, 5.41) is 9.37. The monoisotopic (exact) mass is 339 g/mol. The van der Waals surface area contributed by atoms with Gasteiger partial charge in [0.2, 0.25) is 0 Å². The van der Waals surface area contributed by atoms with Gasteiger partial charge in [0, 0.05) is 11.5 Å². The Hall–Kier alpha value is -1.88. The summed E-state index contributed by atoms with van der Waals surface area (Å²) in [6.07, 6.45) is 18.6. The smallest absolute Gasteiger partial charge is 0.101 e. The second kappa shape index (κ2) is 11.6. The molecule has 1 fully saturated rings. The third-order valence-corrected chi connectivity index (χ3v) is 4.89. The Morgan fingerprint density at radius 1 is 1.17 bits per heavy atom. The Labute approximate surface area is 152 Å². The molecule has 0 atom stereocenters. The number of unbranched alkanes of at least 4 members (excludes halogenated alkanes) is 2. The molecule has 1 aromatic carbocycles. The highest BCUT2D eigenvalue weighted by atomic mass is 35.5. The van der Waals surface area contributed by atoms with Crippen LogP contribution in [-0.4, -0.2) is 0 Å². The molecule has 1 aliphatic carbocycles. The molecule has 1 aromatic rings. The molecule has 126 valence electrons. The highest BCUT2D eigenvalue weighted by Crippen LogP contribution is 2.31. The number of hydrogen-bond acceptors (Lipinski definition) is 1. The summed E-state index contributed by atoms with van der Waals surface area (Å²) in [6, 6.07) is 7.50. The fourth-order valence-corrected chi connectivity index (χ4v) is 3.37. The van der Waals surface area contributed by atoms with E-state index in [0.717, 1.165) is 11.5 Å². The molecule has 24 heavy (non-hydrogen) atoms. The van der Waals surface area contributed by atoms with Crippen LogP contribution in [0.4, 0.5) is 0 Å². The SMILES string of the molecule is C#C.CCCCCC1CCC(C#Cc2ccc(C#N)c(Cl)c2)CC1. The van der Waals surface area contributed by atoms with E-state index in [4.69, 9.17) is 16.9 Å². The summed E-state index contributed by atoms with van der Waals surface area (Å²) in [4.78, 5) is 0. The molecule has 0 bridgehead atoms. The van der Waals surface area contributed by atoms with Gasteiger partial charge in [-0.25, -0.2) is 0 Å². The molecule has 0 N–H and O–H groups in total. The van der Waals surface area contributed by atoms with E-state index in [1.54, 1.807) is 12.1 Å². The molecule has 1 saturated carbocycles. The second-order valence-corrected chi connectivity index (χ2v) is 6.70. The summed E-state index contributed by atoms with van der Waals surface area (Å²) in [6.45, 7) is 2.27. The van der Waals surface area contributed by atoms with Crippen LogP contribution < -0.4 is 0 Å². The predicted octanol–water partition coefficient (Wildman–Crippen LogP) is 6.20. The minimum atomic E-state index is 0.494. The summed E-state index contributed by atoms with van der Waals surface area (Å²) in [5.74, 6) is 8.08. The Bertz CT molecular complexity index is 619. The first-order valence-corrected chi connectivity index (χ1v) is 9.15. The van der Waals surface area contributed by atoms with Gasteiger partial charge in [-0.2, -0.15) is 5.26 Å². The van der Waals surface area contributed by atoms with Crippen LogP contribution in [0.2, 0.25) is 5.02 Å². The first-order chi connectivity index (χ1) is 11.7. The van der Waals surface area contributed by atoms with Crippen LogP contribution in [0.15, 0.2) is 18.2 Å². The first-order valence-electron chi connectivity index (χ1n) is 8.77. The van der Waals surface area contributed by atoms with Crippen molar-refractivity contribution in [2.75, 3.05) is 0 Å². The fraction of sp³-hybridized carbons (Fsp3) is 0.500. The lowest BCUT2D eigenvalue weighted by Crippen LogP contribution is -2.13.